The van der Waals surface area contributed by atoms with Crippen LogP contribution in [0.2, 0.25) is 0 Å². The molecule has 36 heavy (non-hydrogen) atoms. The standard InChI is InChI=1S/C28H41NO7/c1-7-29-13-26(5)9-8-22(34-14(2)30)28-18-10-17-20(33-6)12-27(36-16(4)32,19(25(28)29)11-21(26)28)23(18)24(17)35-15(3)31/h17-25H,7-13H2,1-6H3/t17-,18-,19+,20+,21-,22+,23+,24+,25+,26+,27+,28-/m1/s1. The normalized spacial score (nSPS) is 52.0. The van der Waals surface area contributed by atoms with Crippen LogP contribution >= 0.6 is 0 Å². The molecule has 5 aliphatic carbocycles. The average Bonchev–Trinajstić information content (AvgIpc) is 3.23. The van der Waals surface area contributed by atoms with Crippen molar-refractivity contribution >= 4 is 17.9 Å². The zero-order valence-electron chi connectivity index (χ0n) is 22.5. The molecule has 0 aromatic heterocycles. The van der Waals surface area contributed by atoms with Crippen LogP contribution < -0.4 is 0 Å². The molecule has 7 bridgehead atoms. The second-order valence-corrected chi connectivity index (χ2v) is 12.8. The van der Waals surface area contributed by atoms with Gasteiger partial charge in [0.15, 0.2) is 0 Å². The van der Waals surface area contributed by atoms with Crippen LogP contribution in [-0.4, -0.2) is 73.0 Å². The average molecular weight is 504 g/mol. The van der Waals surface area contributed by atoms with Gasteiger partial charge in [0.2, 0.25) is 0 Å². The number of methoxy groups -OCH3 is 1. The van der Waals surface area contributed by atoms with Crippen LogP contribution in [-0.2, 0) is 33.3 Å². The van der Waals surface area contributed by atoms with Crippen LogP contribution in [0.15, 0.2) is 0 Å². The Morgan fingerprint density at radius 1 is 1.00 bits per heavy atom. The van der Waals surface area contributed by atoms with E-state index in [0.29, 0.717) is 12.3 Å². The first-order valence-corrected chi connectivity index (χ1v) is 13.8. The molecule has 0 amide bonds. The number of hydrogen-bond acceptors (Lipinski definition) is 8. The lowest BCUT2D eigenvalue weighted by Crippen LogP contribution is -2.76. The van der Waals surface area contributed by atoms with Gasteiger partial charge in [0.1, 0.15) is 17.8 Å². The lowest BCUT2D eigenvalue weighted by Gasteiger charge is -2.69. The minimum Gasteiger partial charge on any atom is -0.462 e. The maximum atomic E-state index is 12.8. The molecular weight excluding hydrogens is 462 g/mol. The first-order chi connectivity index (χ1) is 17.0. The van der Waals surface area contributed by atoms with Gasteiger partial charge >= 0.3 is 17.9 Å². The van der Waals surface area contributed by atoms with Gasteiger partial charge in [0, 0.05) is 70.1 Å². The van der Waals surface area contributed by atoms with E-state index >= 15 is 0 Å². The summed E-state index contributed by atoms with van der Waals surface area (Å²) in [7, 11) is 1.71. The van der Waals surface area contributed by atoms with E-state index < -0.39 is 5.60 Å². The smallest absolute Gasteiger partial charge is 0.303 e. The minimum absolute atomic E-state index is 0.0354. The van der Waals surface area contributed by atoms with E-state index in [2.05, 4.69) is 18.7 Å². The van der Waals surface area contributed by atoms with Crippen molar-refractivity contribution in [1.82, 2.24) is 4.90 Å². The fraction of sp³-hybridized carbons (Fsp3) is 0.893. The molecule has 1 saturated heterocycles. The first-order valence-electron chi connectivity index (χ1n) is 13.8. The highest BCUT2D eigenvalue weighted by molar-refractivity contribution is 5.68. The van der Waals surface area contributed by atoms with Gasteiger partial charge in [0.05, 0.1) is 6.10 Å². The van der Waals surface area contributed by atoms with Crippen molar-refractivity contribution in [2.75, 3.05) is 20.2 Å². The molecule has 0 unspecified atom stereocenters. The van der Waals surface area contributed by atoms with Crippen molar-refractivity contribution in [3.63, 3.8) is 0 Å². The molecule has 1 spiro atoms. The second kappa shape index (κ2) is 7.92. The number of rotatable bonds is 5. The van der Waals surface area contributed by atoms with E-state index in [1.165, 1.54) is 20.8 Å². The summed E-state index contributed by atoms with van der Waals surface area (Å²) in [6.45, 7) is 11.0. The highest BCUT2D eigenvalue weighted by atomic mass is 16.6. The van der Waals surface area contributed by atoms with Crippen molar-refractivity contribution in [3.05, 3.63) is 0 Å². The Morgan fingerprint density at radius 2 is 1.72 bits per heavy atom. The third kappa shape index (κ3) is 2.86. The number of carbonyl (C=O) groups is 3. The van der Waals surface area contributed by atoms with Crippen LogP contribution in [0.25, 0.3) is 0 Å². The van der Waals surface area contributed by atoms with Gasteiger partial charge in [-0.25, -0.2) is 0 Å². The quantitative estimate of drug-likeness (QED) is 0.418. The Labute approximate surface area is 213 Å². The highest BCUT2D eigenvalue weighted by Gasteiger charge is 2.85. The summed E-state index contributed by atoms with van der Waals surface area (Å²) in [5, 5.41) is 0. The van der Waals surface area contributed by atoms with Gasteiger partial charge in [-0.3, -0.25) is 19.3 Å². The number of ether oxygens (including phenoxy) is 4. The van der Waals surface area contributed by atoms with Gasteiger partial charge in [-0.05, 0) is 49.5 Å². The lowest BCUT2D eigenvalue weighted by molar-refractivity contribution is -0.275. The van der Waals surface area contributed by atoms with E-state index in [9.17, 15) is 14.4 Å². The van der Waals surface area contributed by atoms with E-state index in [0.717, 1.165) is 38.8 Å². The number of likely N-dealkylation sites (tertiary alicyclic amines) is 1. The third-order valence-corrected chi connectivity index (χ3v) is 11.5. The maximum absolute atomic E-state index is 12.8. The minimum atomic E-state index is -0.767. The van der Waals surface area contributed by atoms with Gasteiger partial charge < -0.3 is 18.9 Å². The molecule has 6 fully saturated rings. The fourth-order valence-corrected chi connectivity index (χ4v) is 11.1. The largest absolute Gasteiger partial charge is 0.462 e. The number of carbonyl (C=O) groups excluding carboxylic acids is 3. The van der Waals surface area contributed by atoms with Crippen molar-refractivity contribution in [3.8, 4) is 0 Å². The van der Waals surface area contributed by atoms with Crippen LogP contribution in [0, 0.1) is 40.4 Å². The van der Waals surface area contributed by atoms with Crippen LogP contribution in [0.1, 0.15) is 66.7 Å². The molecule has 0 N–H and O–H groups in total. The molecule has 5 saturated carbocycles. The van der Waals surface area contributed by atoms with Gasteiger partial charge in [-0.15, -0.1) is 0 Å². The molecule has 6 aliphatic rings. The Morgan fingerprint density at radius 3 is 2.33 bits per heavy atom. The van der Waals surface area contributed by atoms with E-state index in [-0.39, 0.29) is 76.8 Å². The Bertz CT molecular complexity index is 985. The lowest BCUT2D eigenvalue weighted by atomic mass is 9.43. The predicted octanol–water partition coefficient (Wildman–Crippen LogP) is 2.96. The van der Waals surface area contributed by atoms with Gasteiger partial charge in [0.25, 0.3) is 0 Å². The molecule has 1 heterocycles. The van der Waals surface area contributed by atoms with Crippen LogP contribution in [0.3, 0.4) is 0 Å². The molecular formula is C28H41NO7. The number of esters is 3. The predicted molar refractivity (Wildman–Crippen MR) is 129 cm³/mol. The van der Waals surface area contributed by atoms with Crippen molar-refractivity contribution < 1.29 is 33.3 Å². The summed E-state index contributed by atoms with van der Waals surface area (Å²) in [5.41, 5.74) is -0.914. The Hall–Kier alpha value is -1.67. The first kappa shape index (κ1) is 24.7. The summed E-state index contributed by atoms with van der Waals surface area (Å²) in [4.78, 5) is 40.2. The summed E-state index contributed by atoms with van der Waals surface area (Å²) >= 11 is 0. The molecule has 1 aliphatic heterocycles. The number of piperidine rings is 1. The summed E-state index contributed by atoms with van der Waals surface area (Å²) < 4.78 is 24.9. The maximum Gasteiger partial charge on any atom is 0.303 e. The molecule has 8 heteroatoms. The monoisotopic (exact) mass is 503 g/mol. The molecule has 0 aromatic rings. The summed E-state index contributed by atoms with van der Waals surface area (Å²) in [5.74, 6) is -0.373. The van der Waals surface area contributed by atoms with E-state index in [1.807, 2.05) is 0 Å². The fourth-order valence-electron chi connectivity index (χ4n) is 11.1. The van der Waals surface area contributed by atoms with Crippen LogP contribution in [0.5, 0.6) is 0 Å². The second-order valence-electron chi connectivity index (χ2n) is 12.8. The summed E-state index contributed by atoms with van der Waals surface area (Å²) in [6, 6.07) is 0.151. The summed E-state index contributed by atoms with van der Waals surface area (Å²) in [6.07, 6.45) is 3.54. The number of fused-ring (bicyclic) bond motifs is 2. The zero-order valence-corrected chi connectivity index (χ0v) is 22.5. The zero-order chi connectivity index (χ0) is 25.8. The Kier molecular flexibility index (Phi) is 5.42. The van der Waals surface area contributed by atoms with Gasteiger partial charge in [-0.2, -0.15) is 0 Å². The van der Waals surface area contributed by atoms with Gasteiger partial charge in [-0.1, -0.05) is 13.8 Å². The molecule has 0 aromatic carbocycles. The van der Waals surface area contributed by atoms with Crippen LogP contribution in [0.4, 0.5) is 0 Å². The number of nitrogens with zero attached hydrogens (tertiary/aromatic N) is 1. The molecule has 12 atom stereocenters. The molecule has 200 valence electrons. The SMILES string of the molecule is CCN1C[C@]2(C)CC[C@H](OC(C)=O)[C@@]34[C@@H]5C[C@H]6[C@H](OC(C)=O)[C@H]5[C@](OC(C)=O)(C[C@@H]6OC)[C@@H](C[C@H]23)[C@H]14. The molecule has 6 rings (SSSR count). The van der Waals surface area contributed by atoms with E-state index in [1.54, 1.807) is 7.11 Å². The van der Waals surface area contributed by atoms with Crippen molar-refractivity contribution in [2.24, 2.45) is 40.4 Å². The molecule has 0 radical (unpaired) electrons. The highest BCUT2D eigenvalue weighted by Crippen LogP contribution is 2.79. The molecule has 8 nitrogen and oxygen atoms in total. The Balaban J connectivity index is 1.61. The third-order valence-electron chi connectivity index (χ3n) is 11.5. The van der Waals surface area contributed by atoms with Crippen molar-refractivity contribution in [1.29, 1.82) is 0 Å². The topological polar surface area (TPSA) is 91.4 Å². The number of hydrogen-bond donors (Lipinski definition) is 0. The van der Waals surface area contributed by atoms with E-state index in [4.69, 9.17) is 18.9 Å². The van der Waals surface area contributed by atoms with Crippen molar-refractivity contribution in [2.45, 2.75) is 96.7 Å².